The third-order valence-electron chi connectivity index (χ3n) is 2.55. The topological polar surface area (TPSA) is 40.7 Å². The van der Waals surface area contributed by atoms with Gasteiger partial charge in [0.1, 0.15) is 0 Å². The van der Waals surface area contributed by atoms with Gasteiger partial charge in [0.15, 0.2) is 0 Å². The van der Waals surface area contributed by atoms with E-state index in [0.29, 0.717) is 0 Å². The van der Waals surface area contributed by atoms with Gasteiger partial charge in [-0.2, -0.15) is 0 Å². The van der Waals surface area contributed by atoms with Crippen LogP contribution in [0.2, 0.25) is 0 Å². The van der Waals surface area contributed by atoms with Gasteiger partial charge in [-0.05, 0) is 27.2 Å². The molecular weight excluding hydrogens is 162 g/mol. The Morgan fingerprint density at radius 2 is 2.23 bits per heavy atom. The van der Waals surface area contributed by atoms with E-state index in [0.717, 1.165) is 24.4 Å². The summed E-state index contributed by atoms with van der Waals surface area (Å²) in [6.45, 7) is 9.48. The smallest absolute Gasteiger partial charge is 0.0925 e. The minimum absolute atomic E-state index is 0.200. The van der Waals surface area contributed by atoms with E-state index in [1.54, 1.807) is 6.33 Å². The first-order chi connectivity index (χ1) is 6.05. The average molecular weight is 181 g/mol. The molecule has 1 heterocycles. The lowest BCUT2D eigenvalue weighted by Crippen LogP contribution is -2.38. The molecule has 74 valence electrons. The predicted molar refractivity (Wildman–Crippen MR) is 54.5 cm³/mol. The van der Waals surface area contributed by atoms with Crippen molar-refractivity contribution < 1.29 is 0 Å². The number of nitrogens with one attached hydrogen (secondary N) is 2. The Morgan fingerprint density at radius 1 is 1.54 bits per heavy atom. The van der Waals surface area contributed by atoms with Crippen molar-refractivity contribution in [1.29, 1.82) is 0 Å². The number of aryl methyl sites for hydroxylation is 1. The third kappa shape index (κ3) is 2.84. The molecule has 2 N–H and O–H groups in total. The second-order valence-electron chi connectivity index (χ2n) is 4.07. The van der Waals surface area contributed by atoms with Gasteiger partial charge >= 0.3 is 0 Å². The van der Waals surface area contributed by atoms with Crippen molar-refractivity contribution in [2.75, 3.05) is 0 Å². The summed E-state index contributed by atoms with van der Waals surface area (Å²) in [7, 11) is 0. The average Bonchev–Trinajstić information content (AvgIpc) is 2.48. The highest BCUT2D eigenvalue weighted by Crippen LogP contribution is 2.09. The quantitative estimate of drug-likeness (QED) is 0.746. The standard InChI is InChI=1S/C10H19N3/c1-5-10(3,4)13-6-9-8(2)11-7-12-9/h7,13H,5-6H2,1-4H3,(H,11,12). The van der Waals surface area contributed by atoms with Crippen molar-refractivity contribution in [1.82, 2.24) is 15.3 Å². The summed E-state index contributed by atoms with van der Waals surface area (Å²) in [6, 6.07) is 0. The molecule has 1 rings (SSSR count). The van der Waals surface area contributed by atoms with Crippen LogP contribution in [0.5, 0.6) is 0 Å². The molecule has 0 radical (unpaired) electrons. The van der Waals surface area contributed by atoms with E-state index in [-0.39, 0.29) is 5.54 Å². The molecule has 0 spiro atoms. The highest BCUT2D eigenvalue weighted by molar-refractivity contribution is 5.08. The van der Waals surface area contributed by atoms with E-state index in [1.165, 1.54) is 0 Å². The molecule has 0 aliphatic heterocycles. The zero-order valence-electron chi connectivity index (χ0n) is 8.94. The van der Waals surface area contributed by atoms with E-state index < -0.39 is 0 Å². The molecule has 0 saturated heterocycles. The van der Waals surface area contributed by atoms with Crippen LogP contribution in [0.25, 0.3) is 0 Å². The Hall–Kier alpha value is -0.830. The van der Waals surface area contributed by atoms with Gasteiger partial charge in [0, 0.05) is 17.8 Å². The lowest BCUT2D eigenvalue weighted by Gasteiger charge is -2.24. The van der Waals surface area contributed by atoms with Gasteiger partial charge in [-0.1, -0.05) is 6.92 Å². The molecule has 0 saturated carbocycles. The third-order valence-corrected chi connectivity index (χ3v) is 2.55. The number of rotatable bonds is 4. The molecule has 0 fully saturated rings. The van der Waals surface area contributed by atoms with E-state index in [4.69, 9.17) is 0 Å². The number of imidazole rings is 1. The fourth-order valence-corrected chi connectivity index (χ4v) is 1.01. The van der Waals surface area contributed by atoms with Gasteiger partial charge < -0.3 is 10.3 Å². The highest BCUT2D eigenvalue weighted by atomic mass is 15.0. The van der Waals surface area contributed by atoms with Gasteiger partial charge in [-0.3, -0.25) is 0 Å². The van der Waals surface area contributed by atoms with Crippen molar-refractivity contribution in [3.63, 3.8) is 0 Å². The van der Waals surface area contributed by atoms with Crippen LogP contribution in [0.15, 0.2) is 6.33 Å². The number of aromatic amines is 1. The fourth-order valence-electron chi connectivity index (χ4n) is 1.01. The van der Waals surface area contributed by atoms with Crippen LogP contribution < -0.4 is 5.32 Å². The minimum atomic E-state index is 0.200. The van der Waals surface area contributed by atoms with E-state index in [2.05, 4.69) is 36.1 Å². The summed E-state index contributed by atoms with van der Waals surface area (Å²) < 4.78 is 0. The molecule has 0 amide bonds. The lowest BCUT2D eigenvalue weighted by molar-refractivity contribution is 0.372. The summed E-state index contributed by atoms with van der Waals surface area (Å²) >= 11 is 0. The normalized spacial score (nSPS) is 12.0. The van der Waals surface area contributed by atoms with Gasteiger partial charge in [0.2, 0.25) is 0 Å². The van der Waals surface area contributed by atoms with Crippen molar-refractivity contribution in [2.45, 2.75) is 46.2 Å². The Balaban J connectivity index is 2.48. The molecule has 0 atom stereocenters. The molecule has 0 aliphatic rings. The van der Waals surface area contributed by atoms with Crippen LogP contribution in [-0.2, 0) is 6.54 Å². The first-order valence-electron chi connectivity index (χ1n) is 4.79. The fraction of sp³-hybridized carbons (Fsp3) is 0.700. The molecule has 0 aromatic carbocycles. The van der Waals surface area contributed by atoms with E-state index in [9.17, 15) is 0 Å². The van der Waals surface area contributed by atoms with Crippen LogP contribution in [0, 0.1) is 6.92 Å². The maximum Gasteiger partial charge on any atom is 0.0925 e. The SMILES string of the molecule is CCC(C)(C)NCc1nc[nH]c1C. The molecule has 1 aromatic rings. The highest BCUT2D eigenvalue weighted by Gasteiger charge is 2.14. The first kappa shape index (κ1) is 10.3. The molecule has 3 nitrogen and oxygen atoms in total. The van der Waals surface area contributed by atoms with Gasteiger partial charge in [-0.25, -0.2) is 4.98 Å². The molecule has 0 aliphatic carbocycles. The maximum absolute atomic E-state index is 4.24. The second kappa shape index (κ2) is 3.92. The van der Waals surface area contributed by atoms with Crippen LogP contribution in [-0.4, -0.2) is 15.5 Å². The summed E-state index contributed by atoms with van der Waals surface area (Å²) in [4.78, 5) is 7.31. The maximum atomic E-state index is 4.24. The van der Waals surface area contributed by atoms with E-state index in [1.807, 2.05) is 6.92 Å². The molecule has 0 bridgehead atoms. The minimum Gasteiger partial charge on any atom is -0.348 e. The van der Waals surface area contributed by atoms with Crippen molar-refractivity contribution in [2.24, 2.45) is 0 Å². The molecule has 13 heavy (non-hydrogen) atoms. The largest absolute Gasteiger partial charge is 0.348 e. The van der Waals surface area contributed by atoms with Gasteiger partial charge in [-0.15, -0.1) is 0 Å². The van der Waals surface area contributed by atoms with Gasteiger partial charge in [0.05, 0.1) is 12.0 Å². The first-order valence-corrected chi connectivity index (χ1v) is 4.79. The summed E-state index contributed by atoms with van der Waals surface area (Å²) in [5.41, 5.74) is 2.46. The Kier molecular flexibility index (Phi) is 3.09. The summed E-state index contributed by atoms with van der Waals surface area (Å²) in [6.07, 6.45) is 2.86. The zero-order valence-corrected chi connectivity index (χ0v) is 8.94. The van der Waals surface area contributed by atoms with Crippen LogP contribution in [0.3, 0.4) is 0 Å². The molecule has 0 unspecified atom stereocenters. The summed E-state index contributed by atoms with van der Waals surface area (Å²) in [5, 5.41) is 3.47. The molecule has 1 aromatic heterocycles. The Bertz CT molecular complexity index is 263. The predicted octanol–water partition coefficient (Wildman–Crippen LogP) is 2.00. The number of hydrogen-bond donors (Lipinski definition) is 2. The second-order valence-corrected chi connectivity index (χ2v) is 4.07. The number of nitrogens with zero attached hydrogens (tertiary/aromatic N) is 1. The number of aromatic nitrogens is 2. The Labute approximate surface area is 80.0 Å². The van der Waals surface area contributed by atoms with E-state index >= 15 is 0 Å². The zero-order chi connectivity index (χ0) is 9.90. The lowest BCUT2D eigenvalue weighted by atomic mass is 10.0. The number of hydrogen-bond acceptors (Lipinski definition) is 2. The van der Waals surface area contributed by atoms with Gasteiger partial charge in [0.25, 0.3) is 0 Å². The van der Waals surface area contributed by atoms with Crippen LogP contribution >= 0.6 is 0 Å². The molecule has 3 heteroatoms. The molecular formula is C10H19N3. The summed E-state index contributed by atoms with van der Waals surface area (Å²) in [5.74, 6) is 0. The van der Waals surface area contributed by atoms with Crippen LogP contribution in [0.4, 0.5) is 0 Å². The monoisotopic (exact) mass is 181 g/mol. The van der Waals surface area contributed by atoms with Crippen molar-refractivity contribution in [3.05, 3.63) is 17.7 Å². The van der Waals surface area contributed by atoms with Crippen molar-refractivity contribution in [3.8, 4) is 0 Å². The Morgan fingerprint density at radius 3 is 2.69 bits per heavy atom. The van der Waals surface area contributed by atoms with Crippen LogP contribution in [0.1, 0.15) is 38.6 Å². The number of H-pyrrole nitrogens is 1. The van der Waals surface area contributed by atoms with Crippen molar-refractivity contribution >= 4 is 0 Å².